The first kappa shape index (κ1) is 15.8. The van der Waals surface area contributed by atoms with E-state index in [1.54, 1.807) is 12.1 Å². The number of morpholine rings is 1. The van der Waals surface area contributed by atoms with Gasteiger partial charge in [0.2, 0.25) is 0 Å². The maximum Gasteiger partial charge on any atom is 0.292 e. The first-order valence-corrected chi connectivity index (χ1v) is 7.34. The second-order valence-electron chi connectivity index (χ2n) is 5.09. The molecule has 0 spiro atoms. The smallest absolute Gasteiger partial charge is 0.292 e. The Morgan fingerprint density at radius 1 is 1.25 bits per heavy atom. The molecule has 1 amide bonds. The number of nitrogens with one attached hydrogen (secondary N) is 1. The van der Waals surface area contributed by atoms with Crippen LogP contribution in [-0.4, -0.2) is 47.1 Å². The molecule has 1 aliphatic heterocycles. The zero-order valence-corrected chi connectivity index (χ0v) is 12.7. The Labute approximate surface area is 137 Å². The molecule has 2 heterocycles. The van der Waals surface area contributed by atoms with E-state index in [2.05, 4.69) is 15.3 Å². The Kier molecular flexibility index (Phi) is 4.62. The van der Waals surface area contributed by atoms with Crippen LogP contribution in [0.5, 0.6) is 0 Å². The number of aromatic nitrogens is 2. The van der Waals surface area contributed by atoms with Crippen LogP contribution in [0.2, 0.25) is 0 Å². The Bertz CT molecular complexity index is 761. The summed E-state index contributed by atoms with van der Waals surface area (Å²) in [6.45, 7) is 2.56. The molecule has 0 radical (unpaired) electrons. The van der Waals surface area contributed by atoms with Crippen LogP contribution in [-0.2, 0) is 4.74 Å². The molecule has 0 atom stereocenters. The highest BCUT2D eigenvalue weighted by Crippen LogP contribution is 2.24. The van der Waals surface area contributed by atoms with Gasteiger partial charge in [0.25, 0.3) is 11.6 Å². The van der Waals surface area contributed by atoms with Gasteiger partial charge >= 0.3 is 0 Å². The van der Waals surface area contributed by atoms with Crippen LogP contribution in [0.4, 0.5) is 17.2 Å². The van der Waals surface area contributed by atoms with E-state index >= 15 is 0 Å². The summed E-state index contributed by atoms with van der Waals surface area (Å²) in [4.78, 5) is 32.9. The van der Waals surface area contributed by atoms with E-state index in [1.165, 1.54) is 24.5 Å². The maximum atomic E-state index is 12.4. The van der Waals surface area contributed by atoms with Crippen LogP contribution in [0.25, 0.3) is 0 Å². The fourth-order valence-electron chi connectivity index (χ4n) is 2.36. The van der Waals surface area contributed by atoms with Crippen molar-refractivity contribution in [1.29, 1.82) is 0 Å². The van der Waals surface area contributed by atoms with Gasteiger partial charge in [0, 0.05) is 25.2 Å². The summed E-state index contributed by atoms with van der Waals surface area (Å²) in [5.41, 5.74) is 0.0944. The summed E-state index contributed by atoms with van der Waals surface area (Å²) in [5, 5.41) is 13.5. The summed E-state index contributed by atoms with van der Waals surface area (Å²) in [7, 11) is 0. The Morgan fingerprint density at radius 3 is 2.75 bits per heavy atom. The fraction of sp³-hybridized carbons (Fsp3) is 0.267. The number of nitrogens with zero attached hydrogens (tertiary/aromatic N) is 4. The highest BCUT2D eigenvalue weighted by atomic mass is 16.6. The first-order valence-electron chi connectivity index (χ1n) is 7.34. The number of para-hydroxylation sites is 2. The number of rotatable bonds is 4. The SMILES string of the molecule is O=C(Nc1ccccc1[N+](=O)[O-])c1cc(N2CCOCC2)ncn1. The van der Waals surface area contributed by atoms with Crippen molar-refractivity contribution in [2.24, 2.45) is 0 Å². The fourth-order valence-corrected chi connectivity index (χ4v) is 2.36. The van der Waals surface area contributed by atoms with Crippen molar-refractivity contribution in [2.75, 3.05) is 36.5 Å². The van der Waals surface area contributed by atoms with Gasteiger partial charge in [0.1, 0.15) is 23.5 Å². The Morgan fingerprint density at radius 2 is 2.00 bits per heavy atom. The summed E-state index contributed by atoms with van der Waals surface area (Å²) >= 11 is 0. The molecule has 124 valence electrons. The zero-order chi connectivity index (χ0) is 16.9. The van der Waals surface area contributed by atoms with Crippen molar-refractivity contribution in [3.8, 4) is 0 Å². The van der Waals surface area contributed by atoms with Crippen LogP contribution in [0.1, 0.15) is 10.5 Å². The molecule has 1 aromatic heterocycles. The zero-order valence-electron chi connectivity index (χ0n) is 12.7. The minimum Gasteiger partial charge on any atom is -0.378 e. The molecule has 0 saturated carbocycles. The van der Waals surface area contributed by atoms with Gasteiger partial charge in [0.05, 0.1) is 18.1 Å². The predicted molar refractivity (Wildman–Crippen MR) is 86.1 cm³/mol. The van der Waals surface area contributed by atoms with Crippen LogP contribution in [0.15, 0.2) is 36.7 Å². The minimum absolute atomic E-state index is 0.124. The normalized spacial score (nSPS) is 14.2. The summed E-state index contributed by atoms with van der Waals surface area (Å²) in [6.07, 6.45) is 1.30. The lowest BCUT2D eigenvalue weighted by Gasteiger charge is -2.27. The second kappa shape index (κ2) is 7.01. The molecule has 1 saturated heterocycles. The van der Waals surface area contributed by atoms with E-state index in [0.29, 0.717) is 32.1 Å². The number of ether oxygens (including phenoxy) is 1. The molecule has 1 fully saturated rings. The molecule has 1 N–H and O–H groups in total. The van der Waals surface area contributed by atoms with Gasteiger partial charge in [-0.2, -0.15) is 0 Å². The average Bonchev–Trinajstić information content (AvgIpc) is 2.63. The summed E-state index contributed by atoms with van der Waals surface area (Å²) in [6, 6.07) is 7.51. The summed E-state index contributed by atoms with van der Waals surface area (Å²) < 4.78 is 5.29. The molecular formula is C15H15N5O4. The van der Waals surface area contributed by atoms with Crippen molar-refractivity contribution in [2.45, 2.75) is 0 Å². The number of carbonyl (C=O) groups excluding carboxylic acids is 1. The molecule has 24 heavy (non-hydrogen) atoms. The van der Waals surface area contributed by atoms with Gasteiger partial charge in [-0.25, -0.2) is 9.97 Å². The van der Waals surface area contributed by atoms with E-state index in [1.807, 2.05) is 4.90 Å². The van der Waals surface area contributed by atoms with Crippen molar-refractivity contribution in [3.05, 3.63) is 52.5 Å². The molecule has 0 bridgehead atoms. The van der Waals surface area contributed by atoms with Crippen LogP contribution < -0.4 is 10.2 Å². The number of hydrogen-bond acceptors (Lipinski definition) is 7. The number of nitro groups is 1. The van der Waals surface area contributed by atoms with Crippen LogP contribution >= 0.6 is 0 Å². The third kappa shape index (κ3) is 3.46. The molecule has 0 aliphatic carbocycles. The van der Waals surface area contributed by atoms with E-state index in [-0.39, 0.29) is 17.1 Å². The monoisotopic (exact) mass is 329 g/mol. The predicted octanol–water partition coefficient (Wildman–Crippen LogP) is 1.47. The van der Waals surface area contributed by atoms with Gasteiger partial charge < -0.3 is 15.0 Å². The topological polar surface area (TPSA) is 110 Å². The quantitative estimate of drug-likeness (QED) is 0.668. The molecule has 9 heteroatoms. The Balaban J connectivity index is 1.79. The number of anilines is 2. The van der Waals surface area contributed by atoms with E-state index in [4.69, 9.17) is 4.74 Å². The average molecular weight is 329 g/mol. The Hall–Kier alpha value is -3.07. The molecule has 2 aromatic rings. The third-order valence-electron chi connectivity index (χ3n) is 3.57. The second-order valence-corrected chi connectivity index (χ2v) is 5.09. The van der Waals surface area contributed by atoms with Gasteiger partial charge in [0.15, 0.2) is 0 Å². The lowest BCUT2D eigenvalue weighted by Crippen LogP contribution is -2.37. The number of nitro benzene ring substituents is 1. The number of amides is 1. The molecule has 9 nitrogen and oxygen atoms in total. The van der Waals surface area contributed by atoms with Gasteiger partial charge in [-0.3, -0.25) is 14.9 Å². The van der Waals surface area contributed by atoms with Crippen molar-refractivity contribution < 1.29 is 14.5 Å². The van der Waals surface area contributed by atoms with Crippen molar-refractivity contribution in [3.63, 3.8) is 0 Å². The molecule has 0 unspecified atom stereocenters. The molecule has 1 aromatic carbocycles. The lowest BCUT2D eigenvalue weighted by molar-refractivity contribution is -0.383. The minimum atomic E-state index is -0.547. The molecule has 3 rings (SSSR count). The highest BCUT2D eigenvalue weighted by molar-refractivity contribution is 6.04. The number of carbonyl (C=O) groups is 1. The van der Waals surface area contributed by atoms with Gasteiger partial charge in [-0.05, 0) is 6.07 Å². The van der Waals surface area contributed by atoms with Crippen molar-refractivity contribution in [1.82, 2.24) is 9.97 Å². The largest absolute Gasteiger partial charge is 0.378 e. The standard InChI is InChI=1S/C15H15N5O4/c21-15(18-11-3-1-2-4-13(11)20(22)23)12-9-14(17-10-16-12)19-5-7-24-8-6-19/h1-4,9-10H,5-8H2,(H,18,21). The number of benzene rings is 1. The van der Waals surface area contributed by atoms with Crippen LogP contribution in [0.3, 0.4) is 0 Å². The van der Waals surface area contributed by atoms with Crippen molar-refractivity contribution >= 4 is 23.1 Å². The van der Waals surface area contributed by atoms with Gasteiger partial charge in [-0.1, -0.05) is 12.1 Å². The third-order valence-corrected chi connectivity index (χ3v) is 3.57. The van der Waals surface area contributed by atoms with E-state index in [0.717, 1.165) is 0 Å². The highest BCUT2D eigenvalue weighted by Gasteiger charge is 2.18. The molecule has 1 aliphatic rings. The van der Waals surface area contributed by atoms with E-state index < -0.39 is 10.8 Å². The molecular weight excluding hydrogens is 314 g/mol. The van der Waals surface area contributed by atoms with Crippen LogP contribution in [0, 0.1) is 10.1 Å². The van der Waals surface area contributed by atoms with Gasteiger partial charge in [-0.15, -0.1) is 0 Å². The van der Waals surface area contributed by atoms with E-state index in [9.17, 15) is 14.9 Å². The lowest BCUT2D eigenvalue weighted by atomic mass is 10.2. The summed E-state index contributed by atoms with van der Waals surface area (Å²) in [5.74, 6) is 0.0993. The first-order chi connectivity index (χ1) is 11.6. The maximum absolute atomic E-state index is 12.4. The number of hydrogen-bond donors (Lipinski definition) is 1.